The van der Waals surface area contributed by atoms with Crippen molar-refractivity contribution in [1.82, 2.24) is 0 Å². The number of methoxy groups -OCH3 is 2. The lowest BCUT2D eigenvalue weighted by atomic mass is 10.1. The van der Waals surface area contributed by atoms with E-state index in [-0.39, 0.29) is 24.3 Å². The molecule has 0 saturated heterocycles. The molecule has 0 radical (unpaired) electrons. The summed E-state index contributed by atoms with van der Waals surface area (Å²) in [6.07, 6.45) is -0.416. The van der Waals surface area contributed by atoms with Crippen molar-refractivity contribution in [3.8, 4) is 5.75 Å². The van der Waals surface area contributed by atoms with Crippen molar-refractivity contribution in [2.24, 2.45) is 0 Å². The number of ether oxygens (including phenoxy) is 3. The number of hydrogen-bond acceptors (Lipinski definition) is 7. The Bertz CT molecular complexity index is 544. The van der Waals surface area contributed by atoms with Crippen LogP contribution in [0.4, 0.5) is 5.69 Å². The SMILES string of the molecule is COC(=O)CCCC(Oc1ccccc1[N+](=O)[O-])C(=O)OC. The van der Waals surface area contributed by atoms with Crippen LogP contribution in [0, 0.1) is 10.1 Å². The molecule has 8 nitrogen and oxygen atoms in total. The third kappa shape index (κ3) is 5.04. The summed E-state index contributed by atoms with van der Waals surface area (Å²) in [6, 6.07) is 5.73. The zero-order chi connectivity index (χ0) is 16.5. The van der Waals surface area contributed by atoms with Crippen LogP contribution in [-0.2, 0) is 19.1 Å². The summed E-state index contributed by atoms with van der Waals surface area (Å²) < 4.78 is 14.5. The lowest BCUT2D eigenvalue weighted by Gasteiger charge is -2.16. The zero-order valence-electron chi connectivity index (χ0n) is 12.3. The van der Waals surface area contributed by atoms with Gasteiger partial charge in [0.1, 0.15) is 0 Å². The highest BCUT2D eigenvalue weighted by Crippen LogP contribution is 2.27. The molecule has 0 fully saturated rings. The van der Waals surface area contributed by atoms with Gasteiger partial charge in [-0.3, -0.25) is 14.9 Å². The first-order valence-corrected chi connectivity index (χ1v) is 6.54. The van der Waals surface area contributed by atoms with Crippen LogP contribution in [0.1, 0.15) is 19.3 Å². The Morgan fingerprint density at radius 3 is 2.50 bits per heavy atom. The molecule has 0 amide bonds. The summed E-state index contributed by atoms with van der Waals surface area (Å²) in [6.45, 7) is 0. The second kappa shape index (κ2) is 8.60. The number of nitro groups is 1. The number of esters is 2. The zero-order valence-corrected chi connectivity index (χ0v) is 12.3. The quantitative estimate of drug-likeness (QED) is 0.410. The van der Waals surface area contributed by atoms with E-state index >= 15 is 0 Å². The Hall–Kier alpha value is -2.64. The molecule has 1 unspecified atom stereocenters. The molecule has 0 saturated carbocycles. The van der Waals surface area contributed by atoms with Crippen molar-refractivity contribution in [2.45, 2.75) is 25.4 Å². The summed E-state index contributed by atoms with van der Waals surface area (Å²) in [5.74, 6) is -1.10. The van der Waals surface area contributed by atoms with E-state index in [1.54, 1.807) is 6.07 Å². The molecule has 0 heterocycles. The molecule has 1 rings (SSSR count). The van der Waals surface area contributed by atoms with Crippen molar-refractivity contribution in [3.05, 3.63) is 34.4 Å². The highest BCUT2D eigenvalue weighted by atomic mass is 16.6. The Kier molecular flexibility index (Phi) is 6.81. The molecular weight excluding hydrogens is 294 g/mol. The fourth-order valence-corrected chi connectivity index (χ4v) is 1.75. The highest BCUT2D eigenvalue weighted by molar-refractivity contribution is 5.75. The van der Waals surface area contributed by atoms with Gasteiger partial charge in [0.25, 0.3) is 0 Å². The molecule has 1 aromatic carbocycles. The monoisotopic (exact) mass is 311 g/mol. The molecule has 0 bridgehead atoms. The topological polar surface area (TPSA) is 105 Å². The Morgan fingerprint density at radius 1 is 1.23 bits per heavy atom. The lowest BCUT2D eigenvalue weighted by Crippen LogP contribution is -2.29. The number of rotatable bonds is 8. The maximum Gasteiger partial charge on any atom is 0.347 e. The number of carbonyl (C=O) groups is 2. The van der Waals surface area contributed by atoms with Gasteiger partial charge in [-0.2, -0.15) is 0 Å². The van der Waals surface area contributed by atoms with Gasteiger partial charge in [-0.15, -0.1) is 0 Å². The van der Waals surface area contributed by atoms with Crippen LogP contribution in [0.15, 0.2) is 24.3 Å². The van der Waals surface area contributed by atoms with Gasteiger partial charge in [0.15, 0.2) is 11.9 Å². The van der Waals surface area contributed by atoms with Crippen LogP contribution in [-0.4, -0.2) is 37.2 Å². The Morgan fingerprint density at radius 2 is 1.91 bits per heavy atom. The van der Waals surface area contributed by atoms with Crippen molar-refractivity contribution in [2.75, 3.05) is 14.2 Å². The normalized spacial score (nSPS) is 11.4. The van der Waals surface area contributed by atoms with Gasteiger partial charge in [0.2, 0.25) is 0 Å². The fourth-order valence-electron chi connectivity index (χ4n) is 1.75. The van der Waals surface area contributed by atoms with Crippen LogP contribution < -0.4 is 4.74 Å². The van der Waals surface area contributed by atoms with Gasteiger partial charge in [0, 0.05) is 12.5 Å². The first kappa shape index (κ1) is 17.4. The number of benzene rings is 1. The van der Waals surface area contributed by atoms with Crippen LogP contribution in [0.25, 0.3) is 0 Å². The first-order chi connectivity index (χ1) is 10.5. The minimum Gasteiger partial charge on any atom is -0.472 e. The van der Waals surface area contributed by atoms with Crippen LogP contribution in [0.3, 0.4) is 0 Å². The first-order valence-electron chi connectivity index (χ1n) is 6.54. The van der Waals surface area contributed by atoms with Crippen LogP contribution >= 0.6 is 0 Å². The number of nitrogens with zero attached hydrogens (tertiary/aromatic N) is 1. The minimum atomic E-state index is -1.03. The van der Waals surface area contributed by atoms with Gasteiger partial charge < -0.3 is 14.2 Å². The predicted octanol–water partition coefficient (Wildman–Crippen LogP) is 1.86. The molecule has 0 aromatic heterocycles. The number of carbonyl (C=O) groups excluding carboxylic acids is 2. The molecular formula is C14H17NO7. The summed E-state index contributed by atoms with van der Waals surface area (Å²) in [5, 5.41) is 10.9. The molecule has 0 aliphatic heterocycles. The van der Waals surface area contributed by atoms with Gasteiger partial charge in [-0.1, -0.05) is 12.1 Å². The summed E-state index contributed by atoms with van der Waals surface area (Å²) in [7, 11) is 2.46. The van der Waals surface area contributed by atoms with E-state index in [0.717, 1.165) is 0 Å². The maximum absolute atomic E-state index is 11.7. The highest BCUT2D eigenvalue weighted by Gasteiger charge is 2.25. The molecule has 0 spiro atoms. The molecule has 1 aromatic rings. The number of nitro benzene ring substituents is 1. The molecule has 0 N–H and O–H groups in total. The van der Waals surface area contributed by atoms with Crippen LogP contribution in [0.5, 0.6) is 5.75 Å². The minimum absolute atomic E-state index is 0.0269. The van der Waals surface area contributed by atoms with Gasteiger partial charge in [-0.25, -0.2) is 4.79 Å². The van der Waals surface area contributed by atoms with Crippen molar-refractivity contribution >= 4 is 17.6 Å². The van der Waals surface area contributed by atoms with Gasteiger partial charge >= 0.3 is 17.6 Å². The largest absolute Gasteiger partial charge is 0.472 e. The Balaban J connectivity index is 2.79. The third-order valence-corrected chi connectivity index (χ3v) is 2.87. The lowest BCUT2D eigenvalue weighted by molar-refractivity contribution is -0.386. The fraction of sp³-hybridized carbons (Fsp3) is 0.429. The van der Waals surface area contributed by atoms with Crippen LogP contribution in [0.2, 0.25) is 0 Å². The van der Waals surface area contributed by atoms with Crippen molar-refractivity contribution in [3.63, 3.8) is 0 Å². The number of hydrogen-bond donors (Lipinski definition) is 0. The molecule has 0 aliphatic carbocycles. The third-order valence-electron chi connectivity index (χ3n) is 2.87. The smallest absolute Gasteiger partial charge is 0.347 e. The van der Waals surface area contributed by atoms with E-state index in [0.29, 0.717) is 6.42 Å². The maximum atomic E-state index is 11.7. The molecule has 22 heavy (non-hydrogen) atoms. The standard InChI is InChI=1S/C14H17NO7/c1-20-13(16)9-5-8-12(14(17)21-2)22-11-7-4-3-6-10(11)15(18)19/h3-4,6-7,12H,5,8-9H2,1-2H3. The van der Waals surface area contributed by atoms with Crippen molar-refractivity contribution < 1.29 is 28.7 Å². The van der Waals surface area contributed by atoms with Gasteiger partial charge in [-0.05, 0) is 18.9 Å². The average molecular weight is 311 g/mol. The van der Waals surface area contributed by atoms with E-state index in [2.05, 4.69) is 9.47 Å². The predicted molar refractivity (Wildman–Crippen MR) is 75.4 cm³/mol. The summed E-state index contributed by atoms with van der Waals surface area (Å²) in [5.41, 5.74) is -0.246. The average Bonchev–Trinajstić information content (AvgIpc) is 2.53. The van der Waals surface area contributed by atoms with E-state index in [1.807, 2.05) is 0 Å². The second-order valence-corrected chi connectivity index (χ2v) is 4.32. The van der Waals surface area contributed by atoms with E-state index in [1.165, 1.54) is 32.4 Å². The Labute approximate surface area is 127 Å². The number of para-hydroxylation sites is 2. The van der Waals surface area contributed by atoms with Gasteiger partial charge in [0.05, 0.1) is 19.1 Å². The molecule has 1 atom stereocenters. The molecule has 8 heteroatoms. The van der Waals surface area contributed by atoms with E-state index in [9.17, 15) is 19.7 Å². The van der Waals surface area contributed by atoms with E-state index < -0.39 is 23.0 Å². The molecule has 0 aliphatic rings. The summed E-state index contributed by atoms with van der Waals surface area (Å²) >= 11 is 0. The van der Waals surface area contributed by atoms with Crippen molar-refractivity contribution in [1.29, 1.82) is 0 Å². The van der Waals surface area contributed by atoms with E-state index in [4.69, 9.17) is 4.74 Å². The second-order valence-electron chi connectivity index (χ2n) is 4.32. The molecule has 120 valence electrons. The summed E-state index contributed by atoms with van der Waals surface area (Å²) in [4.78, 5) is 33.1.